The molecule has 1 aromatic carbocycles. The van der Waals surface area contributed by atoms with Crippen molar-refractivity contribution < 1.29 is 19.0 Å². The third-order valence-electron chi connectivity index (χ3n) is 4.09. The van der Waals surface area contributed by atoms with E-state index in [-0.39, 0.29) is 12.6 Å². The van der Waals surface area contributed by atoms with Gasteiger partial charge in [-0.2, -0.15) is 4.98 Å². The second-order valence-corrected chi connectivity index (χ2v) is 6.18. The summed E-state index contributed by atoms with van der Waals surface area (Å²) in [6.45, 7) is 2.10. The number of aliphatic hydroxyl groups excluding tert-OH is 1. The Morgan fingerprint density at radius 1 is 1.18 bits per heavy atom. The van der Waals surface area contributed by atoms with Gasteiger partial charge in [0.15, 0.2) is 5.82 Å². The first-order valence-electron chi connectivity index (χ1n) is 8.69. The minimum atomic E-state index is -0.491. The molecule has 0 radical (unpaired) electrons. The van der Waals surface area contributed by atoms with E-state index < -0.39 is 5.82 Å². The normalized spacial score (nSPS) is 11.9. The lowest BCUT2D eigenvalue weighted by Gasteiger charge is -2.15. The van der Waals surface area contributed by atoms with Gasteiger partial charge in [-0.05, 0) is 19.1 Å². The van der Waals surface area contributed by atoms with Crippen LogP contribution in [0.4, 0.5) is 16.2 Å². The largest absolute Gasteiger partial charge is 0.497 e. The molecule has 3 rings (SSSR count). The van der Waals surface area contributed by atoms with Crippen LogP contribution in [-0.4, -0.2) is 46.9 Å². The molecule has 148 valence electrons. The maximum atomic E-state index is 13.6. The first-order valence-corrected chi connectivity index (χ1v) is 8.69. The van der Waals surface area contributed by atoms with E-state index in [1.165, 1.54) is 6.07 Å². The van der Waals surface area contributed by atoms with Gasteiger partial charge >= 0.3 is 0 Å². The van der Waals surface area contributed by atoms with Gasteiger partial charge < -0.3 is 25.2 Å². The molecule has 0 bridgehead atoms. The van der Waals surface area contributed by atoms with Crippen molar-refractivity contribution in [3.8, 4) is 11.5 Å². The number of aliphatic hydroxyl groups is 1. The van der Waals surface area contributed by atoms with Gasteiger partial charge in [-0.25, -0.2) is 14.4 Å². The Balaban J connectivity index is 1.90. The third-order valence-corrected chi connectivity index (χ3v) is 4.09. The molecule has 2 heterocycles. The molecule has 0 aliphatic heterocycles. The summed E-state index contributed by atoms with van der Waals surface area (Å²) in [5, 5.41) is 15.5. The van der Waals surface area contributed by atoms with Crippen molar-refractivity contribution in [3.05, 3.63) is 41.8 Å². The molecule has 9 heteroatoms. The van der Waals surface area contributed by atoms with Gasteiger partial charge in [0.1, 0.15) is 22.8 Å². The second-order valence-electron chi connectivity index (χ2n) is 6.18. The highest BCUT2D eigenvalue weighted by Gasteiger charge is 2.13. The number of benzene rings is 1. The van der Waals surface area contributed by atoms with E-state index in [2.05, 4.69) is 25.6 Å². The Bertz CT molecular complexity index is 970. The molecule has 0 saturated carbocycles. The van der Waals surface area contributed by atoms with E-state index in [1.54, 1.807) is 27.2 Å². The summed E-state index contributed by atoms with van der Waals surface area (Å²) >= 11 is 0. The second kappa shape index (κ2) is 8.66. The molecule has 2 aromatic heterocycles. The molecule has 1 unspecified atom stereocenters. The van der Waals surface area contributed by atoms with E-state index in [0.717, 1.165) is 11.8 Å². The molecule has 0 fully saturated rings. The number of rotatable bonds is 8. The van der Waals surface area contributed by atoms with Gasteiger partial charge in [0.25, 0.3) is 0 Å². The standard InChI is InChI=1S/C19H22FN5O3/c1-11(10-26)23-18-17-15(6-13(20)9-21-17)24-19(25-18)22-8-12-4-5-14(27-2)7-16(12)28-3/h4-7,9,11,26H,8,10H2,1-3H3,(H2,22,23,24,25). The average molecular weight is 387 g/mol. The van der Waals surface area contributed by atoms with Crippen molar-refractivity contribution in [2.45, 2.75) is 19.5 Å². The van der Waals surface area contributed by atoms with Crippen LogP contribution in [0.1, 0.15) is 12.5 Å². The summed E-state index contributed by atoms with van der Waals surface area (Å²) in [5.41, 5.74) is 1.66. The molecule has 0 saturated heterocycles. The van der Waals surface area contributed by atoms with Crippen LogP contribution in [-0.2, 0) is 6.54 Å². The molecular weight excluding hydrogens is 365 g/mol. The lowest BCUT2D eigenvalue weighted by atomic mass is 10.2. The zero-order chi connectivity index (χ0) is 20.1. The van der Waals surface area contributed by atoms with E-state index in [9.17, 15) is 9.50 Å². The van der Waals surface area contributed by atoms with Gasteiger partial charge in [-0.15, -0.1) is 0 Å². The molecular formula is C19H22FN5O3. The highest BCUT2D eigenvalue weighted by atomic mass is 19.1. The summed E-state index contributed by atoms with van der Waals surface area (Å²) in [4.78, 5) is 12.8. The Hall–Kier alpha value is -3.20. The van der Waals surface area contributed by atoms with Gasteiger partial charge in [0.05, 0.1) is 32.5 Å². The predicted molar refractivity (Wildman–Crippen MR) is 104 cm³/mol. The zero-order valence-corrected chi connectivity index (χ0v) is 15.9. The van der Waals surface area contributed by atoms with Crippen LogP contribution in [0.2, 0.25) is 0 Å². The minimum Gasteiger partial charge on any atom is -0.497 e. The van der Waals surface area contributed by atoms with Crippen LogP contribution >= 0.6 is 0 Å². The van der Waals surface area contributed by atoms with Crippen molar-refractivity contribution >= 4 is 22.8 Å². The number of ether oxygens (including phenoxy) is 2. The lowest BCUT2D eigenvalue weighted by molar-refractivity contribution is 0.281. The van der Waals surface area contributed by atoms with Crippen LogP contribution < -0.4 is 20.1 Å². The quantitative estimate of drug-likeness (QED) is 0.542. The Labute approximate surface area is 161 Å². The van der Waals surface area contributed by atoms with Crippen LogP contribution in [0, 0.1) is 5.82 Å². The Morgan fingerprint density at radius 2 is 2.00 bits per heavy atom. The number of aromatic nitrogens is 3. The monoisotopic (exact) mass is 387 g/mol. The van der Waals surface area contributed by atoms with Gasteiger partial charge in [-0.3, -0.25) is 0 Å². The minimum absolute atomic E-state index is 0.0848. The number of nitrogens with one attached hydrogen (secondary N) is 2. The van der Waals surface area contributed by atoms with Crippen LogP contribution in [0.15, 0.2) is 30.5 Å². The molecule has 0 aliphatic carbocycles. The smallest absolute Gasteiger partial charge is 0.225 e. The molecule has 3 aromatic rings. The third kappa shape index (κ3) is 4.37. The zero-order valence-electron chi connectivity index (χ0n) is 15.9. The lowest BCUT2D eigenvalue weighted by Crippen LogP contribution is -2.21. The number of halogens is 1. The van der Waals surface area contributed by atoms with Crippen LogP contribution in [0.5, 0.6) is 11.5 Å². The SMILES string of the molecule is COc1ccc(CNc2nc(NC(C)CO)c3ncc(F)cc3n2)c(OC)c1. The number of hydrogen-bond acceptors (Lipinski definition) is 8. The van der Waals surface area contributed by atoms with Gasteiger partial charge in [-0.1, -0.05) is 0 Å². The van der Waals surface area contributed by atoms with Crippen molar-refractivity contribution in [2.75, 3.05) is 31.5 Å². The van der Waals surface area contributed by atoms with Gasteiger partial charge in [0.2, 0.25) is 5.95 Å². The van der Waals surface area contributed by atoms with E-state index in [1.807, 2.05) is 12.1 Å². The predicted octanol–water partition coefficient (Wildman–Crippen LogP) is 2.59. The molecule has 28 heavy (non-hydrogen) atoms. The summed E-state index contributed by atoms with van der Waals surface area (Å²) in [6, 6.07) is 6.53. The van der Waals surface area contributed by atoms with Crippen molar-refractivity contribution in [1.82, 2.24) is 15.0 Å². The molecule has 0 spiro atoms. The maximum Gasteiger partial charge on any atom is 0.225 e. The number of anilines is 2. The summed E-state index contributed by atoms with van der Waals surface area (Å²) in [6.07, 6.45) is 1.11. The van der Waals surface area contributed by atoms with E-state index in [0.29, 0.717) is 40.8 Å². The van der Waals surface area contributed by atoms with Gasteiger partial charge in [0, 0.05) is 30.3 Å². The average Bonchev–Trinajstić information content (AvgIpc) is 2.71. The fourth-order valence-electron chi connectivity index (χ4n) is 2.63. The van der Waals surface area contributed by atoms with E-state index >= 15 is 0 Å². The summed E-state index contributed by atoms with van der Waals surface area (Å²) in [7, 11) is 3.17. The summed E-state index contributed by atoms with van der Waals surface area (Å²) < 4.78 is 24.2. The molecule has 0 aliphatic rings. The number of hydrogen-bond donors (Lipinski definition) is 3. The van der Waals surface area contributed by atoms with E-state index in [4.69, 9.17) is 9.47 Å². The van der Waals surface area contributed by atoms with Crippen molar-refractivity contribution in [3.63, 3.8) is 0 Å². The number of nitrogens with zero attached hydrogens (tertiary/aromatic N) is 3. The highest BCUT2D eigenvalue weighted by molar-refractivity contribution is 5.86. The first-order chi connectivity index (χ1) is 13.5. The fourth-order valence-corrected chi connectivity index (χ4v) is 2.63. The summed E-state index contributed by atoms with van der Waals surface area (Å²) in [5.74, 6) is 1.57. The topological polar surface area (TPSA) is 101 Å². The Kier molecular flexibility index (Phi) is 6.05. The fraction of sp³-hybridized carbons (Fsp3) is 0.316. The van der Waals surface area contributed by atoms with Crippen molar-refractivity contribution in [2.24, 2.45) is 0 Å². The molecule has 1 atom stereocenters. The molecule has 8 nitrogen and oxygen atoms in total. The Morgan fingerprint density at radius 3 is 2.71 bits per heavy atom. The number of pyridine rings is 1. The van der Waals surface area contributed by atoms with Crippen molar-refractivity contribution in [1.29, 1.82) is 0 Å². The highest BCUT2D eigenvalue weighted by Crippen LogP contribution is 2.26. The maximum absolute atomic E-state index is 13.6. The molecule has 3 N–H and O–H groups in total. The van der Waals surface area contributed by atoms with Crippen LogP contribution in [0.3, 0.4) is 0 Å². The molecule has 0 amide bonds. The number of fused-ring (bicyclic) bond motifs is 1. The van der Waals surface area contributed by atoms with Crippen LogP contribution in [0.25, 0.3) is 11.0 Å². The first kappa shape index (κ1) is 19.6. The number of methoxy groups -OCH3 is 2.